The number of nitrogens with one attached hydrogen (secondary N) is 1. The smallest absolute Gasteiger partial charge is 0.339 e. The lowest BCUT2D eigenvalue weighted by molar-refractivity contribution is -0.125. The number of anilines is 1. The molecule has 0 heterocycles. The lowest BCUT2D eigenvalue weighted by Gasteiger charge is -2.19. The van der Waals surface area contributed by atoms with Crippen LogP contribution in [0.15, 0.2) is 78.9 Å². The Balaban J connectivity index is 1.85. The molecule has 3 aromatic rings. The molecule has 5 nitrogen and oxygen atoms in total. The molecule has 29 heavy (non-hydrogen) atoms. The number of esters is 1. The number of ether oxygens (including phenoxy) is 2. The molecule has 0 aliphatic heterocycles. The molecule has 1 N–H and O–H groups in total. The van der Waals surface area contributed by atoms with Crippen molar-refractivity contribution in [2.75, 3.05) is 11.9 Å². The number of halogens is 1. The van der Waals surface area contributed by atoms with Crippen LogP contribution in [-0.4, -0.2) is 18.5 Å². The number of amides is 1. The molecule has 0 spiro atoms. The quantitative estimate of drug-likeness (QED) is 0.588. The molecular formula is C23H20FNO4. The summed E-state index contributed by atoms with van der Waals surface area (Å²) in [7, 11) is 0. The monoisotopic (exact) mass is 393 g/mol. The molecule has 3 aromatic carbocycles. The molecular weight excluding hydrogens is 373 g/mol. The van der Waals surface area contributed by atoms with Crippen LogP contribution < -0.4 is 10.1 Å². The van der Waals surface area contributed by atoms with Gasteiger partial charge in [0.15, 0.2) is 0 Å². The normalized spacial score (nSPS) is 11.4. The molecule has 0 radical (unpaired) electrons. The molecule has 0 aromatic heterocycles. The standard InChI is InChI=1S/C23H20FNO4/c1-2-28-20-11-7-6-10-19(20)25-22(26)21(16-8-4-3-5-9-16)29-23(27)17-12-14-18(24)15-13-17/h3-15,21H,2H2,1H3,(H,25,26). The minimum absolute atomic E-state index is 0.148. The van der Waals surface area contributed by atoms with Gasteiger partial charge in [-0.1, -0.05) is 42.5 Å². The Bertz CT molecular complexity index is 974. The van der Waals surface area contributed by atoms with Gasteiger partial charge in [0.05, 0.1) is 17.9 Å². The maximum absolute atomic E-state index is 13.1. The Morgan fingerprint density at radius 1 is 0.931 bits per heavy atom. The molecule has 1 atom stereocenters. The zero-order valence-corrected chi connectivity index (χ0v) is 15.8. The number of carbonyl (C=O) groups is 2. The number of hydrogen-bond donors (Lipinski definition) is 1. The zero-order valence-electron chi connectivity index (χ0n) is 15.8. The highest BCUT2D eigenvalue weighted by atomic mass is 19.1. The van der Waals surface area contributed by atoms with E-state index in [9.17, 15) is 14.0 Å². The summed E-state index contributed by atoms with van der Waals surface area (Å²) < 4.78 is 24.1. The maximum Gasteiger partial charge on any atom is 0.339 e. The summed E-state index contributed by atoms with van der Waals surface area (Å²) in [6.07, 6.45) is -1.19. The fourth-order valence-electron chi connectivity index (χ4n) is 2.71. The van der Waals surface area contributed by atoms with Gasteiger partial charge in [-0.05, 0) is 43.3 Å². The van der Waals surface area contributed by atoms with Gasteiger partial charge in [-0.15, -0.1) is 0 Å². The Morgan fingerprint density at radius 2 is 1.59 bits per heavy atom. The van der Waals surface area contributed by atoms with E-state index in [1.165, 1.54) is 12.1 Å². The van der Waals surface area contributed by atoms with Crippen LogP contribution in [0.1, 0.15) is 28.9 Å². The first-order valence-corrected chi connectivity index (χ1v) is 9.12. The summed E-state index contributed by atoms with van der Waals surface area (Å²) >= 11 is 0. The summed E-state index contributed by atoms with van der Waals surface area (Å²) in [6, 6.07) is 20.6. The minimum Gasteiger partial charge on any atom is -0.492 e. The molecule has 0 aliphatic rings. The summed E-state index contributed by atoms with van der Waals surface area (Å²) in [5.74, 6) is -1.21. The molecule has 1 amide bonds. The van der Waals surface area contributed by atoms with E-state index in [-0.39, 0.29) is 5.56 Å². The third-order valence-corrected chi connectivity index (χ3v) is 4.09. The van der Waals surface area contributed by atoms with Gasteiger partial charge in [0.2, 0.25) is 6.10 Å². The molecule has 0 aliphatic carbocycles. The van der Waals surface area contributed by atoms with Gasteiger partial charge in [0.1, 0.15) is 11.6 Å². The van der Waals surface area contributed by atoms with Crippen molar-refractivity contribution < 1.29 is 23.5 Å². The molecule has 0 fully saturated rings. The number of hydrogen-bond acceptors (Lipinski definition) is 4. The first kappa shape index (κ1) is 20.1. The maximum atomic E-state index is 13.1. The van der Waals surface area contributed by atoms with E-state index >= 15 is 0 Å². The van der Waals surface area contributed by atoms with Crippen molar-refractivity contribution in [2.45, 2.75) is 13.0 Å². The second kappa shape index (κ2) is 9.50. The highest BCUT2D eigenvalue weighted by Gasteiger charge is 2.26. The summed E-state index contributed by atoms with van der Waals surface area (Å²) in [6.45, 7) is 2.28. The van der Waals surface area contributed by atoms with E-state index < -0.39 is 23.8 Å². The lowest BCUT2D eigenvalue weighted by atomic mass is 10.1. The minimum atomic E-state index is -1.19. The van der Waals surface area contributed by atoms with Crippen molar-refractivity contribution in [1.82, 2.24) is 0 Å². The second-order valence-corrected chi connectivity index (χ2v) is 6.12. The fraction of sp³-hybridized carbons (Fsp3) is 0.130. The predicted octanol–water partition coefficient (Wildman–Crippen LogP) is 4.76. The van der Waals surface area contributed by atoms with Gasteiger partial charge < -0.3 is 14.8 Å². The van der Waals surface area contributed by atoms with E-state index in [4.69, 9.17) is 9.47 Å². The summed E-state index contributed by atoms with van der Waals surface area (Å²) in [4.78, 5) is 25.5. The number of para-hydroxylation sites is 2. The number of benzene rings is 3. The van der Waals surface area contributed by atoms with Crippen LogP contribution in [0.4, 0.5) is 10.1 Å². The Morgan fingerprint density at radius 3 is 2.28 bits per heavy atom. The van der Waals surface area contributed by atoms with E-state index in [1.54, 1.807) is 54.6 Å². The highest BCUT2D eigenvalue weighted by molar-refractivity contribution is 5.99. The molecule has 148 valence electrons. The molecule has 6 heteroatoms. The van der Waals surface area contributed by atoms with Gasteiger partial charge in [0, 0.05) is 5.56 Å². The molecule has 0 saturated carbocycles. The topological polar surface area (TPSA) is 64.6 Å². The van der Waals surface area contributed by atoms with Crippen LogP contribution in [0.2, 0.25) is 0 Å². The van der Waals surface area contributed by atoms with Gasteiger partial charge in [-0.25, -0.2) is 9.18 Å². The largest absolute Gasteiger partial charge is 0.492 e. The summed E-state index contributed by atoms with van der Waals surface area (Å²) in [5, 5.41) is 2.76. The lowest BCUT2D eigenvalue weighted by Crippen LogP contribution is -2.26. The van der Waals surface area contributed by atoms with Crippen molar-refractivity contribution >= 4 is 17.6 Å². The average Bonchev–Trinajstić information content (AvgIpc) is 2.74. The van der Waals surface area contributed by atoms with Gasteiger partial charge in [0.25, 0.3) is 5.91 Å². The predicted molar refractivity (Wildman–Crippen MR) is 107 cm³/mol. The molecule has 0 bridgehead atoms. The van der Waals surface area contributed by atoms with E-state index in [0.29, 0.717) is 23.6 Å². The second-order valence-electron chi connectivity index (χ2n) is 6.12. The van der Waals surface area contributed by atoms with Crippen LogP contribution in [0.25, 0.3) is 0 Å². The SMILES string of the molecule is CCOc1ccccc1NC(=O)C(OC(=O)c1ccc(F)cc1)c1ccccc1. The van der Waals surface area contributed by atoms with Crippen LogP contribution in [0, 0.1) is 5.82 Å². The molecule has 0 saturated heterocycles. The van der Waals surface area contributed by atoms with Crippen LogP contribution >= 0.6 is 0 Å². The summed E-state index contributed by atoms with van der Waals surface area (Å²) in [5.41, 5.74) is 1.13. The Labute approximate surface area is 168 Å². The van der Waals surface area contributed by atoms with Crippen LogP contribution in [-0.2, 0) is 9.53 Å². The first-order chi connectivity index (χ1) is 14.1. The number of rotatable bonds is 7. The first-order valence-electron chi connectivity index (χ1n) is 9.12. The third-order valence-electron chi connectivity index (χ3n) is 4.09. The van der Waals surface area contributed by atoms with Crippen molar-refractivity contribution in [3.8, 4) is 5.75 Å². The third kappa shape index (κ3) is 5.19. The highest BCUT2D eigenvalue weighted by Crippen LogP contribution is 2.27. The molecule has 1 unspecified atom stereocenters. The van der Waals surface area contributed by atoms with E-state index in [1.807, 2.05) is 6.92 Å². The van der Waals surface area contributed by atoms with Crippen molar-refractivity contribution in [1.29, 1.82) is 0 Å². The zero-order chi connectivity index (χ0) is 20.6. The Hall–Kier alpha value is -3.67. The Kier molecular flexibility index (Phi) is 6.58. The van der Waals surface area contributed by atoms with Crippen molar-refractivity contribution in [3.05, 3.63) is 95.8 Å². The van der Waals surface area contributed by atoms with Gasteiger partial charge >= 0.3 is 5.97 Å². The average molecular weight is 393 g/mol. The van der Waals surface area contributed by atoms with Gasteiger partial charge in [-0.3, -0.25) is 4.79 Å². The van der Waals surface area contributed by atoms with Crippen LogP contribution in [0.5, 0.6) is 5.75 Å². The van der Waals surface area contributed by atoms with Crippen molar-refractivity contribution in [3.63, 3.8) is 0 Å². The number of carbonyl (C=O) groups excluding carboxylic acids is 2. The van der Waals surface area contributed by atoms with Crippen molar-refractivity contribution in [2.24, 2.45) is 0 Å². The van der Waals surface area contributed by atoms with E-state index in [2.05, 4.69) is 5.32 Å². The van der Waals surface area contributed by atoms with E-state index in [0.717, 1.165) is 12.1 Å². The fourth-order valence-corrected chi connectivity index (χ4v) is 2.71. The van der Waals surface area contributed by atoms with Gasteiger partial charge in [-0.2, -0.15) is 0 Å². The molecule has 3 rings (SSSR count). The van der Waals surface area contributed by atoms with Crippen LogP contribution in [0.3, 0.4) is 0 Å².